The van der Waals surface area contributed by atoms with Crippen LogP contribution in [0, 0.1) is 11.6 Å². The van der Waals surface area contributed by atoms with Crippen LogP contribution >= 0.6 is 34.8 Å². The maximum absolute atomic E-state index is 13.8. The van der Waals surface area contributed by atoms with E-state index < -0.39 is 30.1 Å². The van der Waals surface area contributed by atoms with Gasteiger partial charge >= 0.3 is 5.97 Å². The zero-order chi connectivity index (χ0) is 22.5. The van der Waals surface area contributed by atoms with E-state index in [1.54, 1.807) is 0 Å². The number of carbonyl (C=O) groups excluding carboxylic acids is 2. The maximum Gasteiger partial charge on any atom is 0.306 e. The summed E-state index contributed by atoms with van der Waals surface area (Å²) in [6, 6.07) is 6.20. The summed E-state index contributed by atoms with van der Waals surface area (Å²) in [5, 5.41) is 2.98. The molecule has 3 rings (SSSR count). The quantitative estimate of drug-likeness (QED) is 0.431. The van der Waals surface area contributed by atoms with Gasteiger partial charge in [0.1, 0.15) is 11.6 Å². The van der Waals surface area contributed by atoms with Gasteiger partial charge in [0.15, 0.2) is 18.3 Å². The predicted octanol–water partition coefficient (Wildman–Crippen LogP) is 5.69. The summed E-state index contributed by atoms with van der Waals surface area (Å²) in [7, 11) is 0. The van der Waals surface area contributed by atoms with Crippen LogP contribution in [0.4, 0.5) is 14.5 Å². The molecule has 11 heteroatoms. The Labute approximate surface area is 190 Å². The molecule has 0 atom stereocenters. The van der Waals surface area contributed by atoms with Gasteiger partial charge in [-0.1, -0.05) is 40.9 Å². The van der Waals surface area contributed by atoms with Crippen LogP contribution in [-0.4, -0.2) is 23.5 Å². The number of ether oxygens (including phenoxy) is 1. The van der Waals surface area contributed by atoms with E-state index in [1.807, 2.05) is 0 Å². The number of benzene rings is 2. The lowest BCUT2D eigenvalue weighted by atomic mass is 10.1. The van der Waals surface area contributed by atoms with Crippen molar-refractivity contribution < 1.29 is 27.5 Å². The molecule has 0 spiro atoms. The van der Waals surface area contributed by atoms with E-state index in [0.717, 1.165) is 18.3 Å². The zero-order valence-electron chi connectivity index (χ0n) is 15.6. The number of oxazole rings is 1. The second-order valence-electron chi connectivity index (χ2n) is 6.17. The van der Waals surface area contributed by atoms with Crippen LogP contribution < -0.4 is 5.32 Å². The van der Waals surface area contributed by atoms with Gasteiger partial charge in [0.25, 0.3) is 5.91 Å². The molecule has 0 saturated heterocycles. The molecule has 0 radical (unpaired) electrons. The molecule has 0 aliphatic heterocycles. The number of aryl methyl sites for hydroxylation is 1. The predicted molar refractivity (Wildman–Crippen MR) is 111 cm³/mol. The minimum absolute atomic E-state index is 0.00532. The molecule has 1 amide bonds. The van der Waals surface area contributed by atoms with Crippen molar-refractivity contribution in [3.63, 3.8) is 0 Å². The number of hydrogen-bond acceptors (Lipinski definition) is 5. The van der Waals surface area contributed by atoms with Crippen molar-refractivity contribution in [3.05, 3.63) is 69.1 Å². The van der Waals surface area contributed by atoms with Crippen molar-refractivity contribution in [2.45, 2.75) is 12.8 Å². The highest BCUT2D eigenvalue weighted by Crippen LogP contribution is 2.33. The first-order valence-corrected chi connectivity index (χ1v) is 9.87. The fourth-order valence-electron chi connectivity index (χ4n) is 2.54. The minimum atomic E-state index is -0.797. The third-order valence-corrected chi connectivity index (χ3v) is 4.76. The van der Waals surface area contributed by atoms with Gasteiger partial charge < -0.3 is 14.5 Å². The van der Waals surface area contributed by atoms with E-state index in [1.165, 1.54) is 18.2 Å². The van der Waals surface area contributed by atoms with Gasteiger partial charge in [0, 0.05) is 11.4 Å². The number of nitrogens with zero attached hydrogens (tertiary/aromatic N) is 1. The van der Waals surface area contributed by atoms with Gasteiger partial charge in [-0.3, -0.25) is 9.59 Å². The molecule has 0 aliphatic carbocycles. The average molecular weight is 490 g/mol. The first kappa shape index (κ1) is 23.0. The van der Waals surface area contributed by atoms with Gasteiger partial charge in [0.05, 0.1) is 33.9 Å². The van der Waals surface area contributed by atoms with Gasteiger partial charge in [-0.15, -0.1) is 0 Å². The molecule has 0 bridgehead atoms. The largest absolute Gasteiger partial charge is 0.456 e. The lowest BCUT2D eigenvalue weighted by molar-refractivity contribution is -0.147. The van der Waals surface area contributed by atoms with Gasteiger partial charge in [-0.25, -0.2) is 13.8 Å². The monoisotopic (exact) mass is 488 g/mol. The molecule has 31 heavy (non-hydrogen) atoms. The van der Waals surface area contributed by atoms with Gasteiger partial charge in [-0.05, 0) is 24.3 Å². The van der Waals surface area contributed by atoms with E-state index in [-0.39, 0.29) is 45.8 Å². The lowest BCUT2D eigenvalue weighted by Crippen LogP contribution is -2.21. The number of nitrogens with one attached hydrogen (secondary N) is 1. The molecular weight excluding hydrogens is 477 g/mol. The van der Waals surface area contributed by atoms with Crippen molar-refractivity contribution in [3.8, 4) is 11.3 Å². The van der Waals surface area contributed by atoms with E-state index in [2.05, 4.69) is 10.3 Å². The number of hydrogen-bond donors (Lipinski definition) is 1. The van der Waals surface area contributed by atoms with E-state index in [4.69, 9.17) is 44.0 Å². The molecule has 0 saturated carbocycles. The Balaban J connectivity index is 1.50. The molecule has 3 aromatic rings. The molecule has 0 unspecified atom stereocenters. The number of anilines is 1. The van der Waals surface area contributed by atoms with Crippen LogP contribution in [0.15, 0.2) is 40.9 Å². The number of aromatic nitrogens is 1. The summed E-state index contributed by atoms with van der Waals surface area (Å²) in [4.78, 5) is 27.7. The number of amides is 1. The molecule has 1 heterocycles. The number of esters is 1. The van der Waals surface area contributed by atoms with Crippen LogP contribution in [0.2, 0.25) is 15.1 Å². The smallest absolute Gasteiger partial charge is 0.306 e. The van der Waals surface area contributed by atoms with E-state index >= 15 is 0 Å². The molecular formula is C20H13Cl3F2N2O4. The first-order valence-electron chi connectivity index (χ1n) is 8.73. The Morgan fingerprint density at radius 1 is 1.10 bits per heavy atom. The SMILES string of the molecule is O=C(COC(=O)CCc1ncc(-c2c(F)cccc2F)o1)Nc1c(Cl)cc(Cl)cc1Cl. The van der Waals surface area contributed by atoms with Crippen molar-refractivity contribution in [1.82, 2.24) is 4.98 Å². The second-order valence-corrected chi connectivity index (χ2v) is 7.42. The molecule has 0 fully saturated rings. The average Bonchev–Trinajstić information content (AvgIpc) is 3.16. The lowest BCUT2D eigenvalue weighted by Gasteiger charge is -2.10. The Morgan fingerprint density at radius 3 is 2.39 bits per heavy atom. The van der Waals surface area contributed by atoms with Crippen molar-refractivity contribution in [1.29, 1.82) is 0 Å². The highest BCUT2D eigenvalue weighted by molar-refractivity contribution is 6.42. The second kappa shape index (κ2) is 10.1. The minimum Gasteiger partial charge on any atom is -0.456 e. The highest BCUT2D eigenvalue weighted by Gasteiger charge is 2.17. The summed E-state index contributed by atoms with van der Waals surface area (Å²) in [6.07, 6.45) is 0.996. The van der Waals surface area contributed by atoms with Crippen LogP contribution in [0.5, 0.6) is 0 Å². The Bertz CT molecular complexity index is 1090. The van der Waals surface area contributed by atoms with Crippen molar-refractivity contribution >= 4 is 52.4 Å². The van der Waals surface area contributed by atoms with E-state index in [9.17, 15) is 18.4 Å². The highest BCUT2D eigenvalue weighted by atomic mass is 35.5. The van der Waals surface area contributed by atoms with Crippen LogP contribution in [0.25, 0.3) is 11.3 Å². The molecule has 0 aliphatic rings. The third kappa shape index (κ3) is 5.94. The van der Waals surface area contributed by atoms with Crippen LogP contribution in [0.1, 0.15) is 12.3 Å². The molecule has 1 N–H and O–H groups in total. The van der Waals surface area contributed by atoms with Crippen LogP contribution in [-0.2, 0) is 20.7 Å². The van der Waals surface area contributed by atoms with Crippen molar-refractivity contribution in [2.75, 3.05) is 11.9 Å². The standard InChI is InChI=1S/C20H13Cl3F2N2O4/c21-10-6-11(22)20(12(23)7-10)27-16(28)9-30-18(29)5-4-17-26-8-15(31-17)19-13(24)2-1-3-14(19)25/h1-3,6-8H,4-5,9H2,(H,27,28). The number of carbonyl (C=O) groups is 2. The molecule has 162 valence electrons. The fourth-order valence-corrected chi connectivity index (χ4v) is 3.45. The van der Waals surface area contributed by atoms with Crippen molar-refractivity contribution in [2.24, 2.45) is 0 Å². The molecule has 2 aromatic carbocycles. The third-order valence-electron chi connectivity index (χ3n) is 3.94. The Hall–Kier alpha value is -2.68. The first-order chi connectivity index (χ1) is 14.7. The summed E-state index contributed by atoms with van der Waals surface area (Å²) in [5.74, 6) is -2.98. The Kier molecular flexibility index (Phi) is 7.48. The summed E-state index contributed by atoms with van der Waals surface area (Å²) < 4.78 is 37.8. The number of rotatable bonds is 7. The van der Waals surface area contributed by atoms with Crippen LogP contribution in [0.3, 0.4) is 0 Å². The fraction of sp³-hybridized carbons (Fsp3) is 0.150. The number of halogens is 5. The topological polar surface area (TPSA) is 81.4 Å². The summed E-state index contributed by atoms with van der Waals surface area (Å²) in [6.45, 7) is -0.578. The normalized spacial score (nSPS) is 10.7. The summed E-state index contributed by atoms with van der Waals surface area (Å²) >= 11 is 17.7. The zero-order valence-corrected chi connectivity index (χ0v) is 17.8. The van der Waals surface area contributed by atoms with Gasteiger partial charge in [-0.2, -0.15) is 0 Å². The maximum atomic E-state index is 13.8. The van der Waals surface area contributed by atoms with E-state index in [0.29, 0.717) is 5.02 Å². The molecule has 6 nitrogen and oxygen atoms in total. The Morgan fingerprint density at radius 2 is 1.74 bits per heavy atom. The van der Waals surface area contributed by atoms with Gasteiger partial charge in [0.2, 0.25) is 0 Å². The summed E-state index contributed by atoms with van der Waals surface area (Å²) in [5.41, 5.74) is -0.207. The molecule has 1 aromatic heterocycles.